The monoisotopic (exact) mass is 852 g/mol. The van der Waals surface area contributed by atoms with Gasteiger partial charge in [0.15, 0.2) is 18.3 Å². The quantitative estimate of drug-likeness (QED) is 0.0911. The molecular weight excluding hydrogens is 835 g/mol. The van der Waals surface area contributed by atoms with Crippen LogP contribution in [0.15, 0.2) is 12.2 Å². The van der Waals surface area contributed by atoms with E-state index in [-0.39, 0.29) is 0 Å². The summed E-state index contributed by atoms with van der Waals surface area (Å²) >= 11 is 50.4. The van der Waals surface area contributed by atoms with Crippen LogP contribution in [0.3, 0.4) is 0 Å². The lowest BCUT2D eigenvalue weighted by atomic mass is 9.75. The minimum Gasteiger partial charge on any atom is -0.434 e. The molecule has 2 rings (SSSR count). The van der Waals surface area contributed by atoms with Gasteiger partial charge in [-0.1, -0.05) is 110 Å². The smallest absolute Gasteiger partial charge is 0.434 e. The SMILES string of the molecule is CC(=O)OC1([C@@H]2C=C[C@@H](OC(=O)OCC(Cl)(Cl)Cl)[C@H](OC(=O)OCC(Cl)(Cl)Cl)[C@H]2OC(=O)OCC(Cl)(Cl)Cl)C(=O)OC(C)(C)OC1=O. The Balaban J connectivity index is 2.70. The molecule has 0 aromatic heterocycles. The normalized spacial score (nSPS) is 23.7. The highest BCUT2D eigenvalue weighted by Gasteiger charge is 2.68. The third-order valence-corrected chi connectivity index (χ3v) is 6.31. The number of hydrogen-bond acceptors (Lipinski definition) is 15. The lowest BCUT2D eigenvalue weighted by molar-refractivity contribution is -0.272. The zero-order valence-corrected chi connectivity index (χ0v) is 30.4. The number of cyclic esters (lactones) is 2. The fourth-order valence-electron chi connectivity index (χ4n) is 3.80. The van der Waals surface area contributed by atoms with E-state index < -0.39 is 103 Å². The van der Waals surface area contributed by atoms with Gasteiger partial charge in [0.2, 0.25) is 11.4 Å². The molecule has 0 radical (unpaired) electrons. The van der Waals surface area contributed by atoms with Crippen LogP contribution >= 0.6 is 104 Å². The molecule has 24 heteroatoms. The van der Waals surface area contributed by atoms with Gasteiger partial charge < -0.3 is 42.6 Å². The van der Waals surface area contributed by atoms with Crippen molar-refractivity contribution in [2.45, 2.75) is 61.8 Å². The maximum absolute atomic E-state index is 13.5. The summed E-state index contributed by atoms with van der Waals surface area (Å²) in [5, 5.41) is 0. The van der Waals surface area contributed by atoms with E-state index in [1.807, 2.05) is 0 Å². The molecule has 15 nitrogen and oxygen atoms in total. The molecule has 0 aromatic rings. The van der Waals surface area contributed by atoms with Gasteiger partial charge in [-0.3, -0.25) is 4.79 Å². The second-order valence-corrected chi connectivity index (χ2v) is 17.2. The Morgan fingerprint density at radius 3 is 1.45 bits per heavy atom. The van der Waals surface area contributed by atoms with E-state index in [1.54, 1.807) is 0 Å². The fourth-order valence-corrected chi connectivity index (χ4v) is 4.29. The van der Waals surface area contributed by atoms with Gasteiger partial charge in [-0.05, 0) is 6.08 Å². The summed E-state index contributed by atoms with van der Waals surface area (Å²) in [4.78, 5) is 77.2. The molecule has 1 aliphatic heterocycles. The molecule has 0 N–H and O–H groups in total. The molecule has 0 amide bonds. The minimum atomic E-state index is -3.10. The number of halogens is 9. The van der Waals surface area contributed by atoms with Crippen LogP contribution in [0.5, 0.6) is 0 Å². The third-order valence-electron chi connectivity index (χ3n) is 5.33. The second-order valence-electron chi connectivity index (χ2n) is 9.63. The molecule has 2 aliphatic rings. The van der Waals surface area contributed by atoms with Crippen molar-refractivity contribution in [2.75, 3.05) is 19.8 Å². The lowest BCUT2D eigenvalue weighted by Crippen LogP contribution is -2.68. The highest BCUT2D eigenvalue weighted by atomic mass is 35.6. The molecule has 47 heavy (non-hydrogen) atoms. The van der Waals surface area contributed by atoms with Gasteiger partial charge in [0, 0.05) is 20.8 Å². The van der Waals surface area contributed by atoms with E-state index in [1.165, 1.54) is 13.8 Å². The van der Waals surface area contributed by atoms with Crippen LogP contribution in [0.1, 0.15) is 20.8 Å². The molecule has 4 atom stereocenters. The maximum Gasteiger partial charge on any atom is 0.509 e. The van der Waals surface area contributed by atoms with Crippen molar-refractivity contribution in [1.29, 1.82) is 0 Å². The molecule has 0 bridgehead atoms. The predicted molar refractivity (Wildman–Crippen MR) is 163 cm³/mol. The molecule has 1 fully saturated rings. The summed E-state index contributed by atoms with van der Waals surface area (Å²) in [6.45, 7) is 0.516. The highest BCUT2D eigenvalue weighted by Crippen LogP contribution is 2.42. The van der Waals surface area contributed by atoms with Crippen molar-refractivity contribution in [3.8, 4) is 0 Å². The average molecular weight is 856 g/mol. The summed E-state index contributed by atoms with van der Waals surface area (Å²) in [6.07, 6.45) is -9.27. The van der Waals surface area contributed by atoms with E-state index in [0.717, 1.165) is 19.1 Å². The number of alkyl halides is 9. The summed E-state index contributed by atoms with van der Waals surface area (Å²) in [5.41, 5.74) is -3.10. The summed E-state index contributed by atoms with van der Waals surface area (Å²) in [7, 11) is 0. The number of hydrogen-bond donors (Lipinski definition) is 0. The van der Waals surface area contributed by atoms with Crippen LogP contribution in [-0.2, 0) is 57.0 Å². The topological polar surface area (TPSA) is 185 Å². The Bertz CT molecular complexity index is 1240. The average Bonchev–Trinajstić information content (AvgIpc) is 2.87. The largest absolute Gasteiger partial charge is 0.509 e. The van der Waals surface area contributed by atoms with Crippen molar-refractivity contribution in [1.82, 2.24) is 0 Å². The van der Waals surface area contributed by atoms with Gasteiger partial charge in [-0.15, -0.1) is 0 Å². The zero-order chi connectivity index (χ0) is 36.2. The lowest BCUT2D eigenvalue weighted by Gasteiger charge is -2.46. The van der Waals surface area contributed by atoms with E-state index in [0.29, 0.717) is 0 Å². The number of carbonyl (C=O) groups is 6. The summed E-state index contributed by atoms with van der Waals surface area (Å²) in [6, 6.07) is 0. The molecule has 1 heterocycles. The summed E-state index contributed by atoms with van der Waals surface area (Å²) in [5.74, 6) is -8.16. The van der Waals surface area contributed by atoms with Gasteiger partial charge in [0.05, 0.1) is 5.92 Å². The molecule has 0 aromatic carbocycles. The standard InChI is InChI=1S/C23H21Cl9O15/c1-9(33)45-23(14(34)46-19(2,3)47-15(23)35)10-4-5-11(42-16(36)39-6-20(24,25)26)13(44-18(38)41-8-22(30,31)32)12(10)43-17(37)40-7-21(27,28)29/h4-5,10-13H,6-8H2,1-3H3/t10-,11-,12+,13+/m1/s1. The molecule has 0 spiro atoms. The first-order chi connectivity index (χ1) is 21.2. The van der Waals surface area contributed by atoms with E-state index in [9.17, 15) is 28.8 Å². The fraction of sp³-hybridized carbons (Fsp3) is 0.652. The van der Waals surface area contributed by atoms with Gasteiger partial charge in [-0.2, -0.15) is 0 Å². The minimum absolute atomic E-state index is 0.814. The first-order valence-corrected chi connectivity index (χ1v) is 15.7. The van der Waals surface area contributed by atoms with Crippen molar-refractivity contribution in [3.63, 3.8) is 0 Å². The highest BCUT2D eigenvalue weighted by molar-refractivity contribution is 6.68. The molecule has 0 unspecified atom stereocenters. The third kappa shape index (κ3) is 13.1. The van der Waals surface area contributed by atoms with Crippen LogP contribution < -0.4 is 0 Å². The van der Waals surface area contributed by atoms with Crippen LogP contribution in [-0.4, -0.2) is 97.3 Å². The Hall–Kier alpha value is -1.43. The second kappa shape index (κ2) is 16.1. The molecule has 1 saturated heterocycles. The van der Waals surface area contributed by atoms with Crippen molar-refractivity contribution < 1.29 is 71.4 Å². The van der Waals surface area contributed by atoms with Crippen molar-refractivity contribution >= 4 is 141 Å². The van der Waals surface area contributed by atoms with E-state index >= 15 is 0 Å². The van der Waals surface area contributed by atoms with Gasteiger partial charge in [-0.25, -0.2) is 24.0 Å². The number of carbonyl (C=O) groups excluding carboxylic acids is 6. The molecule has 266 valence electrons. The Morgan fingerprint density at radius 2 is 1.06 bits per heavy atom. The maximum atomic E-state index is 13.5. The number of ether oxygens (including phenoxy) is 9. The molecule has 1 aliphatic carbocycles. The van der Waals surface area contributed by atoms with Crippen molar-refractivity contribution in [3.05, 3.63) is 12.2 Å². The first-order valence-electron chi connectivity index (χ1n) is 12.3. The predicted octanol–water partition coefficient (Wildman–Crippen LogP) is 5.99. The Kier molecular flexibility index (Phi) is 14.3. The van der Waals surface area contributed by atoms with Crippen LogP contribution in [0.25, 0.3) is 0 Å². The van der Waals surface area contributed by atoms with Crippen LogP contribution in [0.2, 0.25) is 0 Å². The van der Waals surface area contributed by atoms with E-state index in [2.05, 4.69) is 0 Å². The van der Waals surface area contributed by atoms with Crippen LogP contribution in [0, 0.1) is 5.92 Å². The van der Waals surface area contributed by atoms with Gasteiger partial charge in [0.25, 0.3) is 5.79 Å². The van der Waals surface area contributed by atoms with Crippen molar-refractivity contribution in [2.24, 2.45) is 5.92 Å². The number of esters is 3. The Morgan fingerprint density at radius 1 is 0.681 bits per heavy atom. The van der Waals surface area contributed by atoms with Gasteiger partial charge >= 0.3 is 42.0 Å². The first kappa shape index (κ1) is 41.7. The number of rotatable bonds is 8. The van der Waals surface area contributed by atoms with Crippen LogP contribution in [0.4, 0.5) is 14.4 Å². The molecular formula is C23H21Cl9O15. The zero-order valence-electron chi connectivity index (χ0n) is 23.6. The van der Waals surface area contributed by atoms with E-state index in [4.69, 9.17) is 147 Å². The van der Waals surface area contributed by atoms with Gasteiger partial charge in [0.1, 0.15) is 19.8 Å². The molecule has 0 saturated carbocycles. The summed E-state index contributed by atoms with van der Waals surface area (Å²) < 4.78 is 39.0. The Labute approximate surface area is 310 Å².